The fourth-order valence-corrected chi connectivity index (χ4v) is 2.91. The molecule has 106 valence electrons. The standard InChI is InChI=1S/C13H8Cl3N5/c14-8-5-10(15)12(11(16)6-8)21-13(18-19-20-21)7-2-1-3-9(17)4-7/h1-6H,17H2. The van der Waals surface area contributed by atoms with Crippen molar-refractivity contribution in [1.29, 1.82) is 0 Å². The minimum atomic E-state index is 0.352. The fourth-order valence-electron chi connectivity index (χ4n) is 1.93. The van der Waals surface area contributed by atoms with Crippen LogP contribution in [0, 0.1) is 0 Å². The predicted molar refractivity (Wildman–Crippen MR) is 84.0 cm³/mol. The Morgan fingerprint density at radius 1 is 1.00 bits per heavy atom. The van der Waals surface area contributed by atoms with Crippen molar-refractivity contribution in [3.05, 3.63) is 51.5 Å². The Labute approximate surface area is 135 Å². The van der Waals surface area contributed by atoms with Gasteiger partial charge in [-0.3, -0.25) is 0 Å². The van der Waals surface area contributed by atoms with Crippen LogP contribution in [0.5, 0.6) is 0 Å². The summed E-state index contributed by atoms with van der Waals surface area (Å²) in [6, 6.07) is 10.4. The maximum Gasteiger partial charge on any atom is 0.187 e. The van der Waals surface area contributed by atoms with E-state index in [2.05, 4.69) is 15.5 Å². The summed E-state index contributed by atoms with van der Waals surface area (Å²) in [5, 5.41) is 12.8. The number of hydrogen-bond donors (Lipinski definition) is 1. The molecular weight excluding hydrogens is 333 g/mol. The summed E-state index contributed by atoms with van der Waals surface area (Å²) < 4.78 is 1.45. The number of tetrazole rings is 1. The number of nitrogens with two attached hydrogens (primary N) is 1. The third kappa shape index (κ3) is 2.68. The second-order valence-electron chi connectivity index (χ2n) is 4.26. The van der Waals surface area contributed by atoms with Gasteiger partial charge in [0.05, 0.1) is 10.0 Å². The lowest BCUT2D eigenvalue weighted by Crippen LogP contribution is -2.02. The molecular formula is C13H8Cl3N5. The van der Waals surface area contributed by atoms with Crippen molar-refractivity contribution in [2.45, 2.75) is 0 Å². The van der Waals surface area contributed by atoms with Crippen LogP contribution in [0.25, 0.3) is 17.1 Å². The third-order valence-electron chi connectivity index (χ3n) is 2.81. The average molecular weight is 341 g/mol. The smallest absolute Gasteiger partial charge is 0.187 e. The van der Waals surface area contributed by atoms with Gasteiger partial charge in [-0.1, -0.05) is 46.9 Å². The molecule has 5 nitrogen and oxygen atoms in total. The normalized spacial score (nSPS) is 10.8. The first kappa shape index (κ1) is 14.1. The third-order valence-corrected chi connectivity index (χ3v) is 3.60. The van der Waals surface area contributed by atoms with Crippen LogP contribution in [0.2, 0.25) is 15.1 Å². The summed E-state index contributed by atoms with van der Waals surface area (Å²) in [5.74, 6) is 0.480. The Kier molecular flexibility index (Phi) is 3.71. The maximum atomic E-state index is 6.21. The van der Waals surface area contributed by atoms with Crippen LogP contribution < -0.4 is 5.73 Å². The van der Waals surface area contributed by atoms with Gasteiger partial charge >= 0.3 is 0 Å². The van der Waals surface area contributed by atoms with Crippen LogP contribution in [0.1, 0.15) is 0 Å². The van der Waals surface area contributed by atoms with Gasteiger partial charge in [0.25, 0.3) is 0 Å². The first-order valence-corrected chi connectivity index (χ1v) is 6.99. The molecule has 0 bridgehead atoms. The maximum absolute atomic E-state index is 6.21. The predicted octanol–water partition coefficient (Wildman–Crippen LogP) is 3.87. The molecule has 0 spiro atoms. The topological polar surface area (TPSA) is 69.6 Å². The molecule has 0 saturated carbocycles. The molecule has 3 aromatic rings. The first-order chi connectivity index (χ1) is 10.1. The van der Waals surface area contributed by atoms with Crippen molar-refractivity contribution >= 4 is 40.5 Å². The summed E-state index contributed by atoms with van der Waals surface area (Å²) in [4.78, 5) is 0. The van der Waals surface area contributed by atoms with Gasteiger partial charge in [-0.15, -0.1) is 5.10 Å². The Morgan fingerprint density at radius 3 is 2.38 bits per heavy atom. The minimum absolute atomic E-state index is 0.352. The van der Waals surface area contributed by atoms with Crippen molar-refractivity contribution in [2.24, 2.45) is 0 Å². The second kappa shape index (κ2) is 5.52. The number of aromatic nitrogens is 4. The van der Waals surface area contributed by atoms with E-state index in [0.29, 0.717) is 32.3 Å². The van der Waals surface area contributed by atoms with Gasteiger partial charge in [0.2, 0.25) is 0 Å². The number of benzene rings is 2. The SMILES string of the molecule is Nc1cccc(-c2nnnn2-c2c(Cl)cc(Cl)cc2Cl)c1. The van der Waals surface area contributed by atoms with Gasteiger partial charge in [0, 0.05) is 16.3 Å². The van der Waals surface area contributed by atoms with Gasteiger partial charge in [0.15, 0.2) is 5.82 Å². The first-order valence-electron chi connectivity index (χ1n) is 5.85. The highest BCUT2D eigenvalue weighted by Gasteiger charge is 2.17. The van der Waals surface area contributed by atoms with Crippen LogP contribution in [0.3, 0.4) is 0 Å². The molecule has 0 fully saturated rings. The van der Waals surface area contributed by atoms with E-state index in [-0.39, 0.29) is 0 Å². The van der Waals surface area contributed by atoms with E-state index in [4.69, 9.17) is 40.5 Å². The monoisotopic (exact) mass is 339 g/mol. The number of hydrogen-bond acceptors (Lipinski definition) is 4. The minimum Gasteiger partial charge on any atom is -0.399 e. The van der Waals surface area contributed by atoms with E-state index in [1.54, 1.807) is 24.3 Å². The molecule has 3 rings (SSSR count). The molecule has 0 aliphatic heterocycles. The highest BCUT2D eigenvalue weighted by molar-refractivity contribution is 6.40. The Hall–Kier alpha value is -1.82. The molecule has 0 amide bonds. The lowest BCUT2D eigenvalue weighted by atomic mass is 10.2. The number of nitrogen functional groups attached to an aromatic ring is 1. The zero-order chi connectivity index (χ0) is 15.0. The van der Waals surface area contributed by atoms with Crippen LogP contribution in [0.4, 0.5) is 5.69 Å². The van der Waals surface area contributed by atoms with Crippen LogP contribution in [-0.2, 0) is 0 Å². The van der Waals surface area contributed by atoms with Gasteiger partial charge in [-0.2, -0.15) is 4.68 Å². The number of nitrogens with zero attached hydrogens (tertiary/aromatic N) is 4. The van der Waals surface area contributed by atoms with Crippen molar-refractivity contribution in [3.63, 3.8) is 0 Å². The van der Waals surface area contributed by atoms with E-state index in [1.807, 2.05) is 12.1 Å². The van der Waals surface area contributed by atoms with Crippen LogP contribution in [0.15, 0.2) is 36.4 Å². The summed E-state index contributed by atoms with van der Waals surface area (Å²) in [7, 11) is 0. The molecule has 1 aromatic heterocycles. The summed E-state index contributed by atoms with van der Waals surface area (Å²) in [6.07, 6.45) is 0. The van der Waals surface area contributed by atoms with E-state index >= 15 is 0 Å². The summed E-state index contributed by atoms with van der Waals surface area (Å²) in [6.45, 7) is 0. The van der Waals surface area contributed by atoms with Gasteiger partial charge in [-0.05, 0) is 34.7 Å². The molecule has 0 unspecified atom stereocenters. The molecule has 21 heavy (non-hydrogen) atoms. The zero-order valence-electron chi connectivity index (χ0n) is 10.5. The zero-order valence-corrected chi connectivity index (χ0v) is 12.7. The Morgan fingerprint density at radius 2 is 1.71 bits per heavy atom. The van der Waals surface area contributed by atoms with Crippen molar-refractivity contribution in [3.8, 4) is 17.1 Å². The highest BCUT2D eigenvalue weighted by atomic mass is 35.5. The fraction of sp³-hybridized carbons (Fsp3) is 0. The molecule has 0 radical (unpaired) electrons. The van der Waals surface area contributed by atoms with E-state index in [0.717, 1.165) is 5.56 Å². The van der Waals surface area contributed by atoms with Crippen LogP contribution >= 0.6 is 34.8 Å². The van der Waals surface area contributed by atoms with Crippen molar-refractivity contribution in [2.75, 3.05) is 5.73 Å². The Bertz CT molecular complexity index is 792. The molecule has 1 heterocycles. The van der Waals surface area contributed by atoms with Crippen LogP contribution in [-0.4, -0.2) is 20.2 Å². The van der Waals surface area contributed by atoms with Crippen molar-refractivity contribution < 1.29 is 0 Å². The van der Waals surface area contributed by atoms with Gasteiger partial charge in [-0.25, -0.2) is 0 Å². The summed E-state index contributed by atoms with van der Waals surface area (Å²) in [5.41, 5.74) is 7.61. The molecule has 2 N–H and O–H groups in total. The van der Waals surface area contributed by atoms with Gasteiger partial charge in [0.1, 0.15) is 5.69 Å². The lowest BCUT2D eigenvalue weighted by molar-refractivity contribution is 0.791. The second-order valence-corrected chi connectivity index (χ2v) is 5.51. The Balaban J connectivity index is 2.21. The quantitative estimate of drug-likeness (QED) is 0.719. The molecule has 2 aromatic carbocycles. The van der Waals surface area contributed by atoms with E-state index < -0.39 is 0 Å². The molecule has 0 saturated heterocycles. The van der Waals surface area contributed by atoms with E-state index in [1.165, 1.54) is 4.68 Å². The van der Waals surface area contributed by atoms with E-state index in [9.17, 15) is 0 Å². The summed E-state index contributed by atoms with van der Waals surface area (Å²) >= 11 is 18.3. The molecule has 0 aliphatic carbocycles. The molecule has 0 atom stereocenters. The lowest BCUT2D eigenvalue weighted by Gasteiger charge is -2.09. The number of anilines is 1. The number of halogens is 3. The number of rotatable bonds is 2. The van der Waals surface area contributed by atoms with Gasteiger partial charge < -0.3 is 5.73 Å². The molecule has 8 heteroatoms. The highest BCUT2D eigenvalue weighted by Crippen LogP contribution is 2.33. The molecule has 0 aliphatic rings. The largest absolute Gasteiger partial charge is 0.399 e. The van der Waals surface area contributed by atoms with Crippen molar-refractivity contribution in [1.82, 2.24) is 20.2 Å². The average Bonchev–Trinajstić information content (AvgIpc) is 2.86.